The Balaban J connectivity index is 2.25. The molecule has 0 unspecified atom stereocenters. The first-order valence-corrected chi connectivity index (χ1v) is 7.27. The van der Waals surface area contributed by atoms with Gasteiger partial charge in [-0.3, -0.25) is 0 Å². The summed E-state index contributed by atoms with van der Waals surface area (Å²) >= 11 is 0. The third kappa shape index (κ3) is 4.15. The molecule has 2 rings (SSSR count). The van der Waals surface area contributed by atoms with Gasteiger partial charge in [-0.2, -0.15) is 0 Å². The normalized spacial score (nSPS) is 10.5. The van der Waals surface area contributed by atoms with Gasteiger partial charge in [0.1, 0.15) is 23.3 Å². The molecule has 0 bridgehead atoms. The van der Waals surface area contributed by atoms with Crippen molar-refractivity contribution < 1.29 is 4.39 Å². The molecule has 21 heavy (non-hydrogen) atoms. The zero-order valence-electron chi connectivity index (χ0n) is 12.7. The number of nitrogens with zero attached hydrogens (tertiary/aromatic N) is 2. The molecule has 0 saturated heterocycles. The lowest BCUT2D eigenvalue weighted by molar-refractivity contribution is 0.630. The van der Waals surface area contributed by atoms with E-state index in [1.54, 1.807) is 12.1 Å². The summed E-state index contributed by atoms with van der Waals surface area (Å²) in [6, 6.07) is 6.88. The van der Waals surface area contributed by atoms with E-state index >= 15 is 0 Å². The molecule has 0 fully saturated rings. The van der Waals surface area contributed by atoms with E-state index in [0.717, 1.165) is 36.6 Å². The van der Waals surface area contributed by atoms with Crippen LogP contribution in [-0.2, 0) is 6.42 Å². The van der Waals surface area contributed by atoms with E-state index in [-0.39, 0.29) is 5.82 Å². The second kappa shape index (κ2) is 7.02. The van der Waals surface area contributed by atoms with Crippen molar-refractivity contribution in [1.82, 2.24) is 9.97 Å². The molecule has 0 aliphatic rings. The first-order chi connectivity index (χ1) is 10.1. The van der Waals surface area contributed by atoms with Crippen LogP contribution in [0.3, 0.4) is 0 Å². The summed E-state index contributed by atoms with van der Waals surface area (Å²) in [6.07, 6.45) is 1.74. The number of hydrogen-bond donors (Lipinski definition) is 2. The third-order valence-electron chi connectivity index (χ3n) is 3.03. The highest BCUT2D eigenvalue weighted by atomic mass is 19.1. The minimum Gasteiger partial charge on any atom is -0.370 e. The molecule has 5 heteroatoms. The minimum atomic E-state index is -0.283. The zero-order valence-corrected chi connectivity index (χ0v) is 12.7. The second-order valence-corrected chi connectivity index (χ2v) is 4.94. The fourth-order valence-electron chi connectivity index (χ4n) is 1.92. The molecule has 0 spiro atoms. The first kappa shape index (κ1) is 15.2. The van der Waals surface area contributed by atoms with Crippen molar-refractivity contribution in [3.8, 4) is 0 Å². The maximum absolute atomic E-state index is 13.9. The molecule has 2 aromatic rings. The quantitative estimate of drug-likeness (QED) is 0.842. The van der Waals surface area contributed by atoms with Crippen molar-refractivity contribution in [3.05, 3.63) is 41.5 Å². The molecule has 4 nitrogen and oxygen atoms in total. The van der Waals surface area contributed by atoms with Crippen molar-refractivity contribution >= 4 is 17.3 Å². The molecule has 0 atom stereocenters. The number of aryl methyl sites for hydroxylation is 2. The Labute approximate surface area is 124 Å². The number of nitrogens with one attached hydrogen (secondary N) is 2. The van der Waals surface area contributed by atoms with E-state index in [0.29, 0.717) is 11.5 Å². The molecule has 2 N–H and O–H groups in total. The molecular formula is C16H21FN4. The van der Waals surface area contributed by atoms with Gasteiger partial charge in [-0.1, -0.05) is 19.9 Å². The summed E-state index contributed by atoms with van der Waals surface area (Å²) in [5.41, 5.74) is 1.31. The highest BCUT2D eigenvalue weighted by Gasteiger charge is 2.07. The fraction of sp³-hybridized carbons (Fsp3) is 0.375. The van der Waals surface area contributed by atoms with Crippen LogP contribution in [0.2, 0.25) is 0 Å². The molecule has 0 radical (unpaired) electrons. The summed E-state index contributed by atoms with van der Waals surface area (Å²) in [5, 5.41) is 6.26. The van der Waals surface area contributed by atoms with Gasteiger partial charge in [0.05, 0.1) is 5.69 Å². The molecule has 0 aliphatic carbocycles. The molecule has 0 saturated carbocycles. The van der Waals surface area contributed by atoms with Gasteiger partial charge in [0, 0.05) is 19.0 Å². The standard InChI is InChI=1S/C16H21FN4/c1-4-8-18-15-10-16(21-14(5-2)20-15)19-13-7-6-11(3)9-12(13)17/h6-7,9-10H,4-5,8H2,1-3H3,(H2,18,19,20,21). The van der Waals surface area contributed by atoms with Crippen LogP contribution >= 0.6 is 0 Å². The van der Waals surface area contributed by atoms with Crippen LogP contribution in [0, 0.1) is 12.7 Å². The van der Waals surface area contributed by atoms with Gasteiger partial charge in [-0.05, 0) is 31.0 Å². The molecule has 1 aromatic carbocycles. The first-order valence-electron chi connectivity index (χ1n) is 7.27. The number of hydrogen-bond acceptors (Lipinski definition) is 4. The van der Waals surface area contributed by atoms with Crippen LogP contribution in [0.15, 0.2) is 24.3 Å². The second-order valence-electron chi connectivity index (χ2n) is 4.94. The summed E-state index contributed by atoms with van der Waals surface area (Å²) in [4.78, 5) is 8.80. The maximum Gasteiger partial charge on any atom is 0.146 e. The lowest BCUT2D eigenvalue weighted by atomic mass is 10.2. The van der Waals surface area contributed by atoms with E-state index in [9.17, 15) is 4.39 Å². The Morgan fingerprint density at radius 3 is 2.52 bits per heavy atom. The average molecular weight is 288 g/mol. The molecule has 1 heterocycles. The number of benzene rings is 1. The van der Waals surface area contributed by atoms with Crippen molar-refractivity contribution in [3.63, 3.8) is 0 Å². The molecule has 0 amide bonds. The highest BCUT2D eigenvalue weighted by molar-refractivity contribution is 5.60. The van der Waals surface area contributed by atoms with Crippen LogP contribution < -0.4 is 10.6 Å². The fourth-order valence-corrected chi connectivity index (χ4v) is 1.92. The Bertz CT molecular complexity index is 613. The van der Waals surface area contributed by atoms with Crippen molar-refractivity contribution in [2.75, 3.05) is 17.2 Å². The van der Waals surface area contributed by atoms with Crippen molar-refractivity contribution in [1.29, 1.82) is 0 Å². The Kier molecular flexibility index (Phi) is 5.09. The van der Waals surface area contributed by atoms with E-state index in [1.165, 1.54) is 6.07 Å². The summed E-state index contributed by atoms with van der Waals surface area (Å²) in [5.74, 6) is 1.81. The summed E-state index contributed by atoms with van der Waals surface area (Å²) in [7, 11) is 0. The lowest BCUT2D eigenvalue weighted by Gasteiger charge is -2.11. The topological polar surface area (TPSA) is 49.8 Å². The van der Waals surface area contributed by atoms with Gasteiger partial charge in [-0.15, -0.1) is 0 Å². The molecule has 0 aliphatic heterocycles. The molecule has 112 valence electrons. The van der Waals surface area contributed by atoms with Crippen LogP contribution in [0.25, 0.3) is 0 Å². The Morgan fingerprint density at radius 1 is 1.10 bits per heavy atom. The van der Waals surface area contributed by atoms with E-state index in [1.807, 2.05) is 19.9 Å². The number of halogens is 1. The summed E-state index contributed by atoms with van der Waals surface area (Å²) < 4.78 is 13.9. The van der Waals surface area contributed by atoms with Gasteiger partial charge >= 0.3 is 0 Å². The lowest BCUT2D eigenvalue weighted by Crippen LogP contribution is -2.07. The number of aromatic nitrogens is 2. The Hall–Kier alpha value is -2.17. The molecular weight excluding hydrogens is 267 g/mol. The van der Waals surface area contributed by atoms with Crippen molar-refractivity contribution in [2.24, 2.45) is 0 Å². The average Bonchev–Trinajstić information content (AvgIpc) is 2.48. The minimum absolute atomic E-state index is 0.283. The largest absolute Gasteiger partial charge is 0.370 e. The zero-order chi connectivity index (χ0) is 15.2. The Morgan fingerprint density at radius 2 is 1.86 bits per heavy atom. The predicted octanol–water partition coefficient (Wildman–Crippen LogP) is 4.05. The number of anilines is 3. The van der Waals surface area contributed by atoms with Gasteiger partial charge in [-0.25, -0.2) is 14.4 Å². The van der Waals surface area contributed by atoms with Crippen LogP contribution in [0.1, 0.15) is 31.7 Å². The van der Waals surface area contributed by atoms with E-state index in [2.05, 4.69) is 27.5 Å². The maximum atomic E-state index is 13.9. The smallest absolute Gasteiger partial charge is 0.146 e. The van der Waals surface area contributed by atoms with E-state index < -0.39 is 0 Å². The van der Waals surface area contributed by atoms with Gasteiger partial charge in [0.25, 0.3) is 0 Å². The third-order valence-corrected chi connectivity index (χ3v) is 3.03. The number of rotatable bonds is 6. The van der Waals surface area contributed by atoms with Crippen LogP contribution in [0.5, 0.6) is 0 Å². The van der Waals surface area contributed by atoms with Crippen LogP contribution in [0.4, 0.5) is 21.7 Å². The van der Waals surface area contributed by atoms with E-state index in [4.69, 9.17) is 0 Å². The van der Waals surface area contributed by atoms with Crippen LogP contribution in [-0.4, -0.2) is 16.5 Å². The SMILES string of the molecule is CCCNc1cc(Nc2ccc(C)cc2F)nc(CC)n1. The highest BCUT2D eigenvalue weighted by Crippen LogP contribution is 2.21. The monoisotopic (exact) mass is 288 g/mol. The van der Waals surface area contributed by atoms with Crippen molar-refractivity contribution in [2.45, 2.75) is 33.6 Å². The van der Waals surface area contributed by atoms with Gasteiger partial charge in [0.15, 0.2) is 0 Å². The molecule has 1 aromatic heterocycles. The summed E-state index contributed by atoms with van der Waals surface area (Å²) in [6.45, 7) is 6.79. The predicted molar refractivity (Wildman–Crippen MR) is 84.6 cm³/mol. The van der Waals surface area contributed by atoms with Gasteiger partial charge < -0.3 is 10.6 Å². The van der Waals surface area contributed by atoms with Gasteiger partial charge in [0.2, 0.25) is 0 Å².